The van der Waals surface area contributed by atoms with E-state index < -0.39 is 5.60 Å². The van der Waals surface area contributed by atoms with Crippen molar-refractivity contribution in [3.05, 3.63) is 29.3 Å². The van der Waals surface area contributed by atoms with Crippen LogP contribution in [0.15, 0.2) is 18.2 Å². The summed E-state index contributed by atoms with van der Waals surface area (Å²) in [5.74, 6) is 1.15. The number of hydrogen-bond acceptors (Lipinski definition) is 2. The molecule has 1 aliphatic rings. The quantitative estimate of drug-likeness (QED) is 0.881. The van der Waals surface area contributed by atoms with Crippen LogP contribution in [0.5, 0.6) is 5.75 Å². The summed E-state index contributed by atoms with van der Waals surface area (Å²) in [5, 5.41) is 11.0. The predicted octanol–water partition coefficient (Wildman–Crippen LogP) is 3.79. The van der Waals surface area contributed by atoms with E-state index in [0.29, 0.717) is 5.92 Å². The fourth-order valence-corrected chi connectivity index (χ4v) is 3.10. The van der Waals surface area contributed by atoms with Crippen LogP contribution in [0.3, 0.4) is 0 Å². The van der Waals surface area contributed by atoms with Gasteiger partial charge < -0.3 is 9.84 Å². The maximum absolute atomic E-state index is 11.0. The van der Waals surface area contributed by atoms with Gasteiger partial charge in [0.25, 0.3) is 0 Å². The summed E-state index contributed by atoms with van der Waals surface area (Å²) in [7, 11) is 1.67. The van der Waals surface area contributed by atoms with Gasteiger partial charge in [-0.3, -0.25) is 0 Å². The van der Waals surface area contributed by atoms with E-state index in [-0.39, 0.29) is 0 Å². The van der Waals surface area contributed by atoms with Gasteiger partial charge in [-0.25, -0.2) is 0 Å². The standard InChI is InChI=1S/C16H24O2/c1-12-9-10-15(18-3)14(11-12)16(2,17)13-7-5-4-6-8-13/h9-11,13,17H,4-8H2,1-3H3. The lowest BCUT2D eigenvalue weighted by Gasteiger charge is -2.37. The van der Waals surface area contributed by atoms with E-state index in [9.17, 15) is 5.11 Å². The Kier molecular flexibility index (Phi) is 3.96. The number of ether oxygens (including phenoxy) is 1. The number of benzene rings is 1. The first-order valence-corrected chi connectivity index (χ1v) is 6.93. The first-order valence-electron chi connectivity index (χ1n) is 6.93. The Labute approximate surface area is 110 Å². The van der Waals surface area contributed by atoms with Crippen LogP contribution < -0.4 is 4.74 Å². The molecular formula is C16H24O2. The van der Waals surface area contributed by atoms with Crippen LogP contribution >= 0.6 is 0 Å². The lowest BCUT2D eigenvalue weighted by molar-refractivity contribution is -0.0232. The molecule has 0 spiro atoms. The van der Waals surface area contributed by atoms with E-state index in [0.717, 1.165) is 24.2 Å². The van der Waals surface area contributed by atoms with Crippen molar-refractivity contribution < 1.29 is 9.84 Å². The molecule has 1 saturated carbocycles. The van der Waals surface area contributed by atoms with Gasteiger partial charge in [0.05, 0.1) is 12.7 Å². The number of aliphatic hydroxyl groups is 1. The third-order valence-electron chi connectivity index (χ3n) is 4.30. The molecule has 100 valence electrons. The molecular weight excluding hydrogens is 224 g/mol. The Balaban J connectivity index is 2.35. The van der Waals surface area contributed by atoms with Crippen molar-refractivity contribution in [1.29, 1.82) is 0 Å². The van der Waals surface area contributed by atoms with E-state index in [1.165, 1.54) is 24.8 Å². The van der Waals surface area contributed by atoms with Gasteiger partial charge in [-0.05, 0) is 44.7 Å². The third kappa shape index (κ3) is 2.54. The minimum absolute atomic E-state index is 0.349. The highest BCUT2D eigenvalue weighted by atomic mass is 16.5. The van der Waals surface area contributed by atoms with Crippen LogP contribution in [-0.2, 0) is 5.60 Å². The Morgan fingerprint density at radius 1 is 1.22 bits per heavy atom. The lowest BCUT2D eigenvalue weighted by Crippen LogP contribution is -2.33. The van der Waals surface area contributed by atoms with Crippen LogP contribution in [-0.4, -0.2) is 12.2 Å². The van der Waals surface area contributed by atoms with Crippen molar-refractivity contribution >= 4 is 0 Å². The summed E-state index contributed by atoms with van der Waals surface area (Å²) < 4.78 is 5.42. The van der Waals surface area contributed by atoms with Crippen molar-refractivity contribution in [3.8, 4) is 5.75 Å². The van der Waals surface area contributed by atoms with Crippen molar-refractivity contribution in [1.82, 2.24) is 0 Å². The number of rotatable bonds is 3. The molecule has 0 aliphatic heterocycles. The number of hydrogen-bond donors (Lipinski definition) is 1. The Morgan fingerprint density at radius 3 is 2.50 bits per heavy atom. The molecule has 0 radical (unpaired) electrons. The van der Waals surface area contributed by atoms with Crippen LogP contribution in [0.1, 0.15) is 50.2 Å². The molecule has 1 N–H and O–H groups in total. The zero-order chi connectivity index (χ0) is 13.2. The topological polar surface area (TPSA) is 29.5 Å². The molecule has 2 rings (SSSR count). The maximum Gasteiger partial charge on any atom is 0.124 e. The molecule has 18 heavy (non-hydrogen) atoms. The van der Waals surface area contributed by atoms with Crippen LogP contribution in [0, 0.1) is 12.8 Å². The zero-order valence-corrected chi connectivity index (χ0v) is 11.7. The van der Waals surface area contributed by atoms with Crippen molar-refractivity contribution in [3.63, 3.8) is 0 Å². The maximum atomic E-state index is 11.0. The van der Waals surface area contributed by atoms with Crippen LogP contribution in [0.4, 0.5) is 0 Å². The highest BCUT2D eigenvalue weighted by Crippen LogP contribution is 2.42. The zero-order valence-electron chi connectivity index (χ0n) is 11.7. The summed E-state index contributed by atoms with van der Waals surface area (Å²) in [6, 6.07) is 6.05. The molecule has 1 aromatic rings. The van der Waals surface area contributed by atoms with Gasteiger partial charge in [0.15, 0.2) is 0 Å². The monoisotopic (exact) mass is 248 g/mol. The van der Waals surface area contributed by atoms with Crippen molar-refractivity contribution in [2.24, 2.45) is 5.92 Å². The highest BCUT2D eigenvalue weighted by Gasteiger charge is 2.36. The second-order valence-electron chi connectivity index (χ2n) is 5.69. The second-order valence-corrected chi connectivity index (χ2v) is 5.69. The first-order chi connectivity index (χ1) is 8.55. The lowest BCUT2D eigenvalue weighted by atomic mass is 9.74. The average molecular weight is 248 g/mol. The van der Waals surface area contributed by atoms with Gasteiger partial charge >= 0.3 is 0 Å². The Morgan fingerprint density at radius 2 is 1.89 bits per heavy atom. The van der Waals surface area contributed by atoms with Crippen molar-refractivity contribution in [2.75, 3.05) is 7.11 Å². The molecule has 1 aliphatic carbocycles. The van der Waals surface area contributed by atoms with Crippen molar-refractivity contribution in [2.45, 2.75) is 51.6 Å². The molecule has 1 fully saturated rings. The van der Waals surface area contributed by atoms with Gasteiger partial charge in [-0.1, -0.05) is 30.9 Å². The third-order valence-corrected chi connectivity index (χ3v) is 4.30. The van der Waals surface area contributed by atoms with E-state index in [1.54, 1.807) is 7.11 Å². The summed E-state index contributed by atoms with van der Waals surface area (Å²) in [5.41, 5.74) is 1.33. The van der Waals surface area contributed by atoms with Gasteiger partial charge in [0.1, 0.15) is 5.75 Å². The summed E-state index contributed by atoms with van der Waals surface area (Å²) in [6.45, 7) is 4.00. The second kappa shape index (κ2) is 5.31. The van der Waals surface area contributed by atoms with Crippen LogP contribution in [0.25, 0.3) is 0 Å². The summed E-state index contributed by atoms with van der Waals surface area (Å²) >= 11 is 0. The normalized spacial score (nSPS) is 20.4. The fraction of sp³-hybridized carbons (Fsp3) is 0.625. The summed E-state index contributed by atoms with van der Waals surface area (Å²) in [4.78, 5) is 0. The minimum Gasteiger partial charge on any atom is -0.496 e. The Hall–Kier alpha value is -1.02. The molecule has 0 aromatic heterocycles. The van der Waals surface area contributed by atoms with E-state index in [2.05, 4.69) is 13.0 Å². The van der Waals surface area contributed by atoms with Gasteiger partial charge in [0.2, 0.25) is 0 Å². The number of methoxy groups -OCH3 is 1. The van der Waals surface area contributed by atoms with Gasteiger partial charge in [0, 0.05) is 5.56 Å². The fourth-order valence-electron chi connectivity index (χ4n) is 3.10. The highest BCUT2D eigenvalue weighted by molar-refractivity contribution is 5.41. The van der Waals surface area contributed by atoms with Gasteiger partial charge in [-0.15, -0.1) is 0 Å². The van der Waals surface area contributed by atoms with E-state index in [1.807, 2.05) is 19.1 Å². The number of aryl methyl sites for hydroxylation is 1. The molecule has 1 aromatic carbocycles. The molecule has 0 saturated heterocycles. The van der Waals surface area contributed by atoms with Crippen LogP contribution in [0.2, 0.25) is 0 Å². The van der Waals surface area contributed by atoms with E-state index >= 15 is 0 Å². The SMILES string of the molecule is COc1ccc(C)cc1C(C)(O)C1CCCCC1. The molecule has 1 atom stereocenters. The summed E-state index contributed by atoms with van der Waals surface area (Å²) in [6.07, 6.45) is 6.00. The molecule has 0 heterocycles. The largest absolute Gasteiger partial charge is 0.496 e. The first kappa shape index (κ1) is 13.4. The molecule has 2 heteroatoms. The van der Waals surface area contributed by atoms with E-state index in [4.69, 9.17) is 4.74 Å². The average Bonchev–Trinajstić information content (AvgIpc) is 2.39. The predicted molar refractivity (Wildman–Crippen MR) is 73.9 cm³/mol. The molecule has 2 nitrogen and oxygen atoms in total. The minimum atomic E-state index is -0.780. The molecule has 1 unspecified atom stereocenters. The smallest absolute Gasteiger partial charge is 0.124 e. The Bertz CT molecular complexity index is 404. The van der Waals surface area contributed by atoms with Gasteiger partial charge in [-0.2, -0.15) is 0 Å². The molecule has 0 amide bonds. The molecule has 0 bridgehead atoms.